The van der Waals surface area contributed by atoms with Crippen LogP contribution in [0.15, 0.2) is 18.5 Å². The Morgan fingerprint density at radius 1 is 1.25 bits per heavy atom. The summed E-state index contributed by atoms with van der Waals surface area (Å²) in [6, 6.07) is -0.321. The van der Waals surface area contributed by atoms with Crippen LogP contribution in [-0.4, -0.2) is 42.2 Å². The number of aromatic nitrogens is 1. The molecular formula is C11H15Cl3F3N3. The lowest BCUT2D eigenvalue weighted by atomic mass is 10.1. The second-order valence-electron chi connectivity index (χ2n) is 4.13. The van der Waals surface area contributed by atoms with Crippen LogP contribution in [0, 0.1) is 0 Å². The maximum atomic E-state index is 13.2. The fourth-order valence-electron chi connectivity index (χ4n) is 2.13. The highest BCUT2D eigenvalue weighted by Gasteiger charge is 2.45. The molecule has 1 atom stereocenters. The van der Waals surface area contributed by atoms with E-state index in [4.69, 9.17) is 11.6 Å². The van der Waals surface area contributed by atoms with Crippen molar-refractivity contribution in [3.05, 3.63) is 29.0 Å². The van der Waals surface area contributed by atoms with E-state index in [-0.39, 0.29) is 35.4 Å². The molecule has 1 aromatic heterocycles. The number of piperazine rings is 1. The molecule has 1 N–H and O–H groups in total. The molecule has 0 unspecified atom stereocenters. The maximum Gasteiger partial charge on any atom is 0.408 e. The summed E-state index contributed by atoms with van der Waals surface area (Å²) >= 11 is 5.84. The highest BCUT2D eigenvalue weighted by Crippen LogP contribution is 2.40. The van der Waals surface area contributed by atoms with Crippen molar-refractivity contribution in [2.75, 3.05) is 26.2 Å². The molecule has 1 aliphatic heterocycles. The predicted molar refractivity (Wildman–Crippen MR) is 77.0 cm³/mol. The van der Waals surface area contributed by atoms with Gasteiger partial charge in [0.25, 0.3) is 0 Å². The van der Waals surface area contributed by atoms with Gasteiger partial charge in [-0.25, -0.2) is 0 Å². The van der Waals surface area contributed by atoms with Crippen LogP contribution in [0.4, 0.5) is 13.2 Å². The zero-order valence-corrected chi connectivity index (χ0v) is 12.7. The van der Waals surface area contributed by atoms with Gasteiger partial charge < -0.3 is 5.32 Å². The van der Waals surface area contributed by atoms with Gasteiger partial charge in [-0.05, 0) is 6.07 Å². The molecule has 0 amide bonds. The molecule has 0 radical (unpaired) electrons. The van der Waals surface area contributed by atoms with Crippen LogP contribution >= 0.6 is 36.4 Å². The minimum absolute atomic E-state index is 0. The Kier molecular flexibility index (Phi) is 8.13. The van der Waals surface area contributed by atoms with Gasteiger partial charge in [0.2, 0.25) is 0 Å². The van der Waals surface area contributed by atoms with E-state index in [0.29, 0.717) is 26.2 Å². The third kappa shape index (κ3) is 4.63. The van der Waals surface area contributed by atoms with E-state index in [1.807, 2.05) is 0 Å². The van der Waals surface area contributed by atoms with Crippen molar-refractivity contribution in [3.8, 4) is 0 Å². The van der Waals surface area contributed by atoms with E-state index >= 15 is 0 Å². The minimum atomic E-state index is -4.34. The number of alkyl halides is 3. The van der Waals surface area contributed by atoms with Crippen LogP contribution in [0.3, 0.4) is 0 Å². The van der Waals surface area contributed by atoms with Crippen molar-refractivity contribution in [2.45, 2.75) is 12.2 Å². The third-order valence-corrected chi connectivity index (χ3v) is 3.24. The monoisotopic (exact) mass is 351 g/mol. The van der Waals surface area contributed by atoms with Crippen molar-refractivity contribution in [1.82, 2.24) is 15.2 Å². The first-order chi connectivity index (χ1) is 8.50. The van der Waals surface area contributed by atoms with Gasteiger partial charge in [0.1, 0.15) is 6.04 Å². The summed E-state index contributed by atoms with van der Waals surface area (Å²) in [6.07, 6.45) is -1.76. The highest BCUT2D eigenvalue weighted by atomic mass is 35.5. The Hall–Kier alpha value is -0.270. The normalized spacial score (nSPS) is 17.8. The molecule has 1 saturated heterocycles. The standard InChI is InChI=1S/C11H13ClF3N3.2ClH/c12-9-7-17-2-1-8(9)10(11(13,14)15)18-5-3-16-4-6-18;;/h1-2,7,10,16H,3-6H2;2*1H/t10-;;/m1../s1. The van der Waals surface area contributed by atoms with Gasteiger partial charge in [0.05, 0.1) is 5.02 Å². The molecule has 1 fully saturated rings. The average molecular weight is 353 g/mol. The van der Waals surface area contributed by atoms with E-state index in [9.17, 15) is 13.2 Å². The van der Waals surface area contributed by atoms with Crippen molar-refractivity contribution >= 4 is 36.4 Å². The molecule has 1 aromatic rings. The molecule has 20 heavy (non-hydrogen) atoms. The molecule has 9 heteroatoms. The number of hydrogen-bond donors (Lipinski definition) is 1. The first kappa shape index (κ1) is 19.7. The number of rotatable bonds is 2. The van der Waals surface area contributed by atoms with E-state index in [1.54, 1.807) is 0 Å². The number of halogens is 6. The zero-order chi connectivity index (χ0) is 13.2. The quantitative estimate of drug-likeness (QED) is 0.886. The molecule has 0 saturated carbocycles. The Balaban J connectivity index is 0.00000180. The molecule has 116 valence electrons. The van der Waals surface area contributed by atoms with Crippen molar-refractivity contribution in [3.63, 3.8) is 0 Å². The first-order valence-corrected chi connectivity index (χ1v) is 5.99. The SMILES string of the molecule is Cl.Cl.FC(F)(F)[C@@H](c1ccncc1Cl)N1CCNCC1. The van der Waals surface area contributed by atoms with Crippen LogP contribution < -0.4 is 5.32 Å². The van der Waals surface area contributed by atoms with Crippen molar-refractivity contribution in [1.29, 1.82) is 0 Å². The lowest BCUT2D eigenvalue weighted by molar-refractivity contribution is -0.187. The minimum Gasteiger partial charge on any atom is -0.314 e. The second kappa shape index (κ2) is 8.24. The summed E-state index contributed by atoms with van der Waals surface area (Å²) in [7, 11) is 0. The molecule has 0 aliphatic carbocycles. The number of nitrogens with one attached hydrogen (secondary N) is 1. The summed E-state index contributed by atoms with van der Waals surface area (Å²) in [5.41, 5.74) is 0.0704. The van der Waals surface area contributed by atoms with Gasteiger partial charge in [0.15, 0.2) is 0 Å². The van der Waals surface area contributed by atoms with Crippen LogP contribution in [0.5, 0.6) is 0 Å². The fourth-order valence-corrected chi connectivity index (χ4v) is 2.35. The summed E-state index contributed by atoms with van der Waals surface area (Å²) < 4.78 is 39.7. The molecule has 2 heterocycles. The number of hydrogen-bond acceptors (Lipinski definition) is 3. The van der Waals surface area contributed by atoms with Crippen LogP contribution in [0.2, 0.25) is 5.02 Å². The molecule has 3 nitrogen and oxygen atoms in total. The van der Waals surface area contributed by atoms with Crippen molar-refractivity contribution < 1.29 is 13.2 Å². The molecule has 1 aliphatic rings. The Morgan fingerprint density at radius 2 is 1.85 bits per heavy atom. The Bertz CT molecular complexity index is 411. The second-order valence-corrected chi connectivity index (χ2v) is 4.53. The van der Waals surface area contributed by atoms with Crippen molar-refractivity contribution in [2.24, 2.45) is 0 Å². The lowest BCUT2D eigenvalue weighted by Gasteiger charge is -2.36. The number of nitrogens with zero attached hydrogens (tertiary/aromatic N) is 2. The Labute approximate surface area is 132 Å². The smallest absolute Gasteiger partial charge is 0.314 e. The van der Waals surface area contributed by atoms with Gasteiger partial charge in [0, 0.05) is 44.1 Å². The van der Waals surface area contributed by atoms with Crippen LogP contribution in [0.25, 0.3) is 0 Å². The first-order valence-electron chi connectivity index (χ1n) is 5.61. The van der Waals surface area contributed by atoms with Crippen LogP contribution in [-0.2, 0) is 0 Å². The lowest BCUT2D eigenvalue weighted by Crippen LogP contribution is -2.49. The van der Waals surface area contributed by atoms with Gasteiger partial charge in [-0.15, -0.1) is 24.8 Å². The third-order valence-electron chi connectivity index (χ3n) is 2.93. The molecule has 0 bridgehead atoms. The molecule has 0 aromatic carbocycles. The molecule has 0 spiro atoms. The van der Waals surface area contributed by atoms with E-state index in [2.05, 4.69) is 10.3 Å². The summed E-state index contributed by atoms with van der Waals surface area (Å²) in [6.45, 7) is 1.80. The van der Waals surface area contributed by atoms with Gasteiger partial charge >= 0.3 is 6.18 Å². The maximum absolute atomic E-state index is 13.2. The van der Waals surface area contributed by atoms with Gasteiger partial charge in [-0.1, -0.05) is 11.6 Å². The Morgan fingerprint density at radius 3 is 2.35 bits per heavy atom. The summed E-state index contributed by atoms with van der Waals surface area (Å²) in [5.74, 6) is 0. The van der Waals surface area contributed by atoms with E-state index in [1.165, 1.54) is 23.4 Å². The fraction of sp³-hybridized carbons (Fsp3) is 0.545. The topological polar surface area (TPSA) is 28.2 Å². The molecule has 2 rings (SSSR count). The van der Waals surface area contributed by atoms with E-state index < -0.39 is 12.2 Å². The average Bonchev–Trinajstić information content (AvgIpc) is 2.32. The van der Waals surface area contributed by atoms with Gasteiger partial charge in [-0.3, -0.25) is 9.88 Å². The highest BCUT2D eigenvalue weighted by molar-refractivity contribution is 6.31. The molecular weight excluding hydrogens is 337 g/mol. The largest absolute Gasteiger partial charge is 0.408 e. The summed E-state index contributed by atoms with van der Waals surface area (Å²) in [5, 5.41) is 3.09. The predicted octanol–water partition coefficient (Wildman–Crippen LogP) is 3.09. The van der Waals surface area contributed by atoms with E-state index in [0.717, 1.165) is 0 Å². The van der Waals surface area contributed by atoms with Gasteiger partial charge in [-0.2, -0.15) is 13.2 Å². The zero-order valence-electron chi connectivity index (χ0n) is 10.4. The van der Waals surface area contributed by atoms with Crippen LogP contribution in [0.1, 0.15) is 11.6 Å². The number of pyridine rings is 1. The summed E-state index contributed by atoms with van der Waals surface area (Å²) in [4.78, 5) is 5.12.